The van der Waals surface area contributed by atoms with Gasteiger partial charge in [0.15, 0.2) is 0 Å². The first-order valence-corrected chi connectivity index (χ1v) is 3.58. The van der Waals surface area contributed by atoms with E-state index >= 15 is 0 Å². The summed E-state index contributed by atoms with van der Waals surface area (Å²) in [5.74, 6) is 0. The van der Waals surface area contributed by atoms with Crippen LogP contribution in [0.15, 0.2) is 0 Å². The molecule has 0 rings (SSSR count). The summed E-state index contributed by atoms with van der Waals surface area (Å²) >= 11 is 0. The molecular formula is C7H21NO. The fourth-order valence-electron chi connectivity index (χ4n) is 0.354. The van der Waals surface area contributed by atoms with Gasteiger partial charge in [0.25, 0.3) is 0 Å². The van der Waals surface area contributed by atoms with Crippen LogP contribution < -0.4 is 5.32 Å². The summed E-state index contributed by atoms with van der Waals surface area (Å²) in [5.41, 5.74) is 0. The summed E-state index contributed by atoms with van der Waals surface area (Å²) in [5, 5.41) is 10.6. The van der Waals surface area contributed by atoms with Crippen LogP contribution in [0.25, 0.3) is 0 Å². The van der Waals surface area contributed by atoms with Crippen LogP contribution in [0, 0.1) is 0 Å². The molecule has 0 fully saturated rings. The van der Waals surface area contributed by atoms with Gasteiger partial charge in [0.05, 0.1) is 0 Å². The average molecular weight is 135 g/mol. The van der Waals surface area contributed by atoms with Crippen molar-refractivity contribution in [2.75, 3.05) is 20.2 Å². The van der Waals surface area contributed by atoms with Crippen molar-refractivity contribution in [2.45, 2.75) is 26.7 Å². The minimum Gasteiger partial charge on any atom is -0.397 e. The third kappa shape index (κ3) is 32.6. The van der Waals surface area contributed by atoms with Gasteiger partial charge in [0, 0.05) is 8.03 Å². The van der Waals surface area contributed by atoms with Gasteiger partial charge in [0.1, 0.15) is 0 Å². The van der Waals surface area contributed by atoms with Crippen LogP contribution in [0.2, 0.25) is 0 Å². The SMILES string of the molecule is CCCCNC.CCO.[HH]. The summed E-state index contributed by atoms with van der Waals surface area (Å²) in [6.07, 6.45) is 2.59. The molecule has 0 unspecified atom stereocenters. The van der Waals surface area contributed by atoms with Crippen molar-refractivity contribution in [1.29, 1.82) is 0 Å². The predicted octanol–water partition coefficient (Wildman–Crippen LogP) is 1.25. The van der Waals surface area contributed by atoms with E-state index in [1.54, 1.807) is 6.92 Å². The summed E-state index contributed by atoms with van der Waals surface area (Å²) in [6, 6.07) is 0. The zero-order valence-corrected chi connectivity index (χ0v) is 6.78. The first-order chi connectivity index (χ1) is 4.33. The molecule has 0 atom stereocenters. The Hall–Kier alpha value is -0.0800. The van der Waals surface area contributed by atoms with E-state index in [4.69, 9.17) is 5.11 Å². The lowest BCUT2D eigenvalue weighted by Crippen LogP contribution is -2.06. The van der Waals surface area contributed by atoms with Crippen molar-refractivity contribution in [2.24, 2.45) is 0 Å². The molecule has 0 aliphatic rings. The number of hydrogen-bond donors (Lipinski definition) is 2. The summed E-state index contributed by atoms with van der Waals surface area (Å²) < 4.78 is 0. The van der Waals surface area contributed by atoms with Crippen molar-refractivity contribution in [3.63, 3.8) is 0 Å². The molecule has 0 saturated carbocycles. The molecule has 0 spiro atoms. The normalized spacial score (nSPS) is 8.00. The molecule has 0 bridgehead atoms. The van der Waals surface area contributed by atoms with Crippen LogP contribution in [0.3, 0.4) is 0 Å². The maximum Gasteiger partial charge on any atom is 0.0402 e. The van der Waals surface area contributed by atoms with E-state index in [9.17, 15) is 0 Å². The van der Waals surface area contributed by atoms with Crippen molar-refractivity contribution in [3.05, 3.63) is 0 Å². The standard InChI is InChI=1S/C5H13N.C2H6O.H2/c1-3-4-5-6-2;1-2-3;/h6H,3-5H2,1-2H3;3H,2H2,1H3;1H. The van der Waals surface area contributed by atoms with Gasteiger partial charge in [-0.25, -0.2) is 0 Å². The zero-order chi connectivity index (χ0) is 7.54. The Kier molecular flexibility index (Phi) is 20.3. The molecule has 9 heavy (non-hydrogen) atoms. The molecule has 2 heteroatoms. The molecule has 0 aliphatic heterocycles. The molecule has 0 amide bonds. The Morgan fingerprint density at radius 2 is 1.89 bits per heavy atom. The number of unbranched alkanes of at least 4 members (excludes halogenated alkanes) is 1. The number of nitrogens with one attached hydrogen (secondary N) is 1. The lowest BCUT2D eigenvalue weighted by atomic mass is 10.3. The van der Waals surface area contributed by atoms with Crippen LogP contribution in [0.5, 0.6) is 0 Å². The Morgan fingerprint density at radius 3 is 2.00 bits per heavy atom. The molecule has 0 aromatic heterocycles. The first kappa shape index (κ1) is 11.7. The van der Waals surface area contributed by atoms with Crippen LogP contribution >= 0.6 is 0 Å². The Morgan fingerprint density at radius 1 is 1.44 bits per heavy atom. The van der Waals surface area contributed by atoms with Gasteiger partial charge in [-0.05, 0) is 26.9 Å². The molecule has 2 N–H and O–H groups in total. The van der Waals surface area contributed by atoms with Crippen molar-refractivity contribution < 1.29 is 6.53 Å². The van der Waals surface area contributed by atoms with Crippen LogP contribution in [-0.4, -0.2) is 25.3 Å². The minimum atomic E-state index is 0. The van der Waals surface area contributed by atoms with E-state index in [2.05, 4.69) is 12.2 Å². The van der Waals surface area contributed by atoms with E-state index < -0.39 is 0 Å². The molecule has 0 saturated heterocycles. The highest BCUT2D eigenvalue weighted by molar-refractivity contribution is 4.34. The van der Waals surface area contributed by atoms with E-state index in [0.717, 1.165) is 6.54 Å². The van der Waals surface area contributed by atoms with E-state index in [-0.39, 0.29) is 8.03 Å². The Bertz CT molecular complexity index is 32.8. The lowest BCUT2D eigenvalue weighted by Gasteiger charge is -1.89. The van der Waals surface area contributed by atoms with Crippen molar-refractivity contribution in [1.82, 2.24) is 5.32 Å². The maximum absolute atomic E-state index is 7.57. The molecule has 0 radical (unpaired) electrons. The maximum atomic E-state index is 7.57. The van der Waals surface area contributed by atoms with Gasteiger partial charge in [-0.15, -0.1) is 0 Å². The fraction of sp³-hybridized carbons (Fsp3) is 1.00. The number of aliphatic hydroxyl groups excluding tert-OH is 1. The van der Waals surface area contributed by atoms with Gasteiger partial charge in [-0.2, -0.15) is 0 Å². The molecule has 0 aliphatic carbocycles. The number of rotatable bonds is 3. The second kappa shape index (κ2) is 15.7. The molecule has 60 valence electrons. The quantitative estimate of drug-likeness (QED) is 0.571. The second-order valence-electron chi connectivity index (χ2n) is 1.77. The van der Waals surface area contributed by atoms with E-state index in [0.29, 0.717) is 0 Å². The number of hydrogen-bond acceptors (Lipinski definition) is 2. The van der Waals surface area contributed by atoms with Crippen LogP contribution in [-0.2, 0) is 0 Å². The van der Waals surface area contributed by atoms with Gasteiger partial charge >= 0.3 is 0 Å². The average Bonchev–Trinajstić information content (AvgIpc) is 1.86. The van der Waals surface area contributed by atoms with Crippen molar-refractivity contribution in [3.8, 4) is 0 Å². The van der Waals surface area contributed by atoms with Gasteiger partial charge in [0.2, 0.25) is 0 Å². The summed E-state index contributed by atoms with van der Waals surface area (Å²) in [7, 11) is 1.98. The van der Waals surface area contributed by atoms with Crippen LogP contribution in [0.4, 0.5) is 0 Å². The molecular weight excluding hydrogens is 114 g/mol. The first-order valence-electron chi connectivity index (χ1n) is 3.58. The smallest absolute Gasteiger partial charge is 0.0402 e. The highest BCUT2D eigenvalue weighted by Crippen LogP contribution is 1.79. The van der Waals surface area contributed by atoms with E-state index in [1.807, 2.05) is 7.05 Å². The largest absolute Gasteiger partial charge is 0.397 e. The topological polar surface area (TPSA) is 32.3 Å². The Balaban J connectivity index is -0.000000107. The summed E-state index contributed by atoms with van der Waals surface area (Å²) in [6.45, 7) is 5.29. The Labute approximate surface area is 59.8 Å². The zero-order valence-electron chi connectivity index (χ0n) is 6.78. The molecule has 0 heterocycles. The predicted molar refractivity (Wildman–Crippen MR) is 43.7 cm³/mol. The highest BCUT2D eigenvalue weighted by atomic mass is 16.2. The van der Waals surface area contributed by atoms with Gasteiger partial charge in [-0.1, -0.05) is 13.3 Å². The van der Waals surface area contributed by atoms with E-state index in [1.165, 1.54) is 12.8 Å². The molecule has 2 nitrogen and oxygen atoms in total. The fourth-order valence-corrected chi connectivity index (χ4v) is 0.354. The minimum absolute atomic E-state index is 0. The van der Waals surface area contributed by atoms with Crippen molar-refractivity contribution >= 4 is 0 Å². The highest BCUT2D eigenvalue weighted by Gasteiger charge is 1.73. The third-order valence-corrected chi connectivity index (χ3v) is 0.780. The second-order valence-corrected chi connectivity index (χ2v) is 1.77. The van der Waals surface area contributed by atoms with Gasteiger partial charge in [-0.3, -0.25) is 0 Å². The van der Waals surface area contributed by atoms with Crippen LogP contribution in [0.1, 0.15) is 28.1 Å². The molecule has 0 aromatic carbocycles. The summed E-state index contributed by atoms with van der Waals surface area (Å²) in [4.78, 5) is 0. The monoisotopic (exact) mass is 135 g/mol. The van der Waals surface area contributed by atoms with Gasteiger partial charge < -0.3 is 10.4 Å². The molecule has 0 aromatic rings. The number of aliphatic hydroxyl groups is 1. The third-order valence-electron chi connectivity index (χ3n) is 0.780. The lowest BCUT2D eigenvalue weighted by molar-refractivity contribution is 0.318.